The lowest BCUT2D eigenvalue weighted by Gasteiger charge is -2.15. The number of anilines is 1. The third kappa shape index (κ3) is 4.53. The summed E-state index contributed by atoms with van der Waals surface area (Å²) >= 11 is 3.01. The molecule has 0 radical (unpaired) electrons. The third-order valence-electron chi connectivity index (χ3n) is 1.84. The number of nitrogens with two attached hydrogens (primary N) is 1. The molecule has 1 amide bonds. The summed E-state index contributed by atoms with van der Waals surface area (Å²) in [5, 5.41) is 2.25. The second kappa shape index (κ2) is 5.57. The van der Waals surface area contributed by atoms with Crippen LogP contribution < -0.4 is 15.8 Å². The summed E-state index contributed by atoms with van der Waals surface area (Å²) in [6, 6.07) is 3.02. The average Bonchev–Trinajstić information content (AvgIpc) is 2.19. The number of rotatable bonds is 3. The van der Waals surface area contributed by atoms with Crippen LogP contribution in [0.4, 0.5) is 18.9 Å². The lowest BCUT2D eigenvalue weighted by atomic mass is 10.2. The van der Waals surface area contributed by atoms with Gasteiger partial charge in [0.1, 0.15) is 0 Å². The molecule has 100 valence electrons. The second-order valence-corrected chi connectivity index (χ2v) is 4.38. The molecule has 0 spiro atoms. The largest absolute Gasteiger partial charge is 0.573 e. The van der Waals surface area contributed by atoms with Crippen molar-refractivity contribution < 1.29 is 22.7 Å². The lowest BCUT2D eigenvalue weighted by Crippen LogP contribution is -2.32. The van der Waals surface area contributed by atoms with Gasteiger partial charge in [0.25, 0.3) is 0 Å². The van der Waals surface area contributed by atoms with Gasteiger partial charge in [-0.05, 0) is 25.1 Å². The van der Waals surface area contributed by atoms with Crippen LogP contribution in [-0.2, 0) is 4.79 Å². The lowest BCUT2D eigenvalue weighted by molar-refractivity contribution is -0.274. The van der Waals surface area contributed by atoms with Crippen LogP contribution in [0.1, 0.15) is 6.92 Å². The number of benzene rings is 1. The molecular formula is C10H10BrF3N2O2. The monoisotopic (exact) mass is 326 g/mol. The smallest absolute Gasteiger partial charge is 0.404 e. The van der Waals surface area contributed by atoms with Crippen molar-refractivity contribution in [1.29, 1.82) is 0 Å². The first kappa shape index (κ1) is 14.8. The van der Waals surface area contributed by atoms with Crippen molar-refractivity contribution in [1.82, 2.24) is 0 Å². The fourth-order valence-electron chi connectivity index (χ4n) is 1.06. The molecule has 0 saturated heterocycles. The Balaban J connectivity index is 3.00. The molecule has 1 unspecified atom stereocenters. The quantitative estimate of drug-likeness (QED) is 0.897. The van der Waals surface area contributed by atoms with E-state index in [0.717, 1.165) is 6.07 Å². The van der Waals surface area contributed by atoms with Gasteiger partial charge in [0, 0.05) is 4.47 Å². The van der Waals surface area contributed by atoms with Crippen LogP contribution in [0.2, 0.25) is 0 Å². The Morgan fingerprint density at radius 2 is 2.11 bits per heavy atom. The minimum absolute atomic E-state index is 0.0992. The molecular weight excluding hydrogens is 317 g/mol. The van der Waals surface area contributed by atoms with Crippen LogP contribution >= 0.6 is 15.9 Å². The Kier molecular flexibility index (Phi) is 4.58. The highest BCUT2D eigenvalue weighted by atomic mass is 79.9. The summed E-state index contributed by atoms with van der Waals surface area (Å²) < 4.78 is 40.7. The molecule has 1 atom stereocenters. The molecule has 0 saturated carbocycles. The van der Waals surface area contributed by atoms with Gasteiger partial charge in [-0.3, -0.25) is 4.79 Å². The van der Waals surface area contributed by atoms with E-state index in [4.69, 9.17) is 5.73 Å². The molecule has 4 nitrogen and oxygen atoms in total. The van der Waals surface area contributed by atoms with Gasteiger partial charge in [-0.25, -0.2) is 0 Å². The summed E-state index contributed by atoms with van der Waals surface area (Å²) in [5.41, 5.74) is 5.21. The minimum Gasteiger partial charge on any atom is -0.404 e. The Hall–Kier alpha value is -1.28. The van der Waals surface area contributed by atoms with E-state index < -0.39 is 24.1 Å². The van der Waals surface area contributed by atoms with E-state index in [1.165, 1.54) is 19.1 Å². The van der Waals surface area contributed by atoms with Gasteiger partial charge >= 0.3 is 6.36 Å². The number of hydrogen-bond donors (Lipinski definition) is 2. The summed E-state index contributed by atoms with van der Waals surface area (Å²) in [4.78, 5) is 11.3. The Morgan fingerprint density at radius 3 is 2.61 bits per heavy atom. The molecule has 8 heteroatoms. The van der Waals surface area contributed by atoms with Crippen molar-refractivity contribution in [3.8, 4) is 5.75 Å². The summed E-state index contributed by atoms with van der Waals surface area (Å²) in [7, 11) is 0. The molecule has 3 N–H and O–H groups in total. The number of ether oxygens (including phenoxy) is 1. The number of carbonyl (C=O) groups is 1. The van der Waals surface area contributed by atoms with Crippen LogP contribution in [0.15, 0.2) is 22.7 Å². The summed E-state index contributed by atoms with van der Waals surface area (Å²) in [6.07, 6.45) is -4.84. The zero-order chi connectivity index (χ0) is 13.9. The van der Waals surface area contributed by atoms with Crippen molar-refractivity contribution in [3.63, 3.8) is 0 Å². The maximum absolute atomic E-state index is 12.2. The first-order valence-corrected chi connectivity index (χ1v) is 5.60. The van der Waals surface area contributed by atoms with E-state index in [9.17, 15) is 18.0 Å². The second-order valence-electron chi connectivity index (χ2n) is 3.47. The fraction of sp³-hybridized carbons (Fsp3) is 0.300. The number of amides is 1. The average molecular weight is 327 g/mol. The molecule has 0 aliphatic carbocycles. The molecule has 0 heterocycles. The Bertz CT molecular complexity index is 449. The number of alkyl halides is 3. The van der Waals surface area contributed by atoms with Gasteiger partial charge in [0.05, 0.1) is 11.7 Å². The molecule has 0 aromatic heterocycles. The highest BCUT2D eigenvalue weighted by molar-refractivity contribution is 9.10. The predicted molar refractivity (Wildman–Crippen MR) is 63.1 cm³/mol. The van der Waals surface area contributed by atoms with Crippen LogP contribution in [0, 0.1) is 0 Å². The number of carbonyl (C=O) groups excluding carboxylic acids is 1. The molecule has 1 rings (SSSR count). The first-order valence-electron chi connectivity index (χ1n) is 4.81. The van der Waals surface area contributed by atoms with E-state index in [-0.39, 0.29) is 5.69 Å². The van der Waals surface area contributed by atoms with Gasteiger partial charge < -0.3 is 15.8 Å². The summed E-state index contributed by atoms with van der Waals surface area (Å²) in [5.74, 6) is -1.12. The van der Waals surface area contributed by atoms with Gasteiger partial charge in [0.15, 0.2) is 5.75 Å². The number of hydrogen-bond acceptors (Lipinski definition) is 3. The van der Waals surface area contributed by atoms with E-state index >= 15 is 0 Å². The van der Waals surface area contributed by atoms with E-state index in [1.807, 2.05) is 0 Å². The van der Waals surface area contributed by atoms with Gasteiger partial charge in [0.2, 0.25) is 5.91 Å². The summed E-state index contributed by atoms with van der Waals surface area (Å²) in [6.45, 7) is 1.42. The minimum atomic E-state index is -4.84. The molecule has 0 fully saturated rings. The topological polar surface area (TPSA) is 64.4 Å². The van der Waals surface area contributed by atoms with Gasteiger partial charge in [-0.2, -0.15) is 0 Å². The zero-order valence-corrected chi connectivity index (χ0v) is 10.8. The number of nitrogens with one attached hydrogen (secondary N) is 1. The molecule has 18 heavy (non-hydrogen) atoms. The first-order chi connectivity index (χ1) is 8.19. The normalized spacial score (nSPS) is 13.0. The van der Waals surface area contributed by atoms with E-state index in [0.29, 0.717) is 4.47 Å². The van der Waals surface area contributed by atoms with E-state index in [2.05, 4.69) is 26.0 Å². The molecule has 1 aromatic rings. The standard InChI is InChI=1S/C10H10BrF3N2O2/c1-5(15)9(17)16-7-3-2-6(11)4-8(7)18-10(12,13)14/h2-5H,15H2,1H3,(H,16,17). The maximum atomic E-state index is 12.2. The SMILES string of the molecule is CC(N)C(=O)Nc1ccc(Br)cc1OC(F)(F)F. The molecule has 0 bridgehead atoms. The Labute approximate surface area is 109 Å². The van der Waals surface area contributed by atoms with Crippen LogP contribution in [-0.4, -0.2) is 18.3 Å². The van der Waals surface area contributed by atoms with Crippen LogP contribution in [0.5, 0.6) is 5.75 Å². The third-order valence-corrected chi connectivity index (χ3v) is 2.33. The molecule has 1 aromatic carbocycles. The van der Waals surface area contributed by atoms with Crippen molar-refractivity contribution in [2.24, 2.45) is 5.73 Å². The maximum Gasteiger partial charge on any atom is 0.573 e. The molecule has 0 aliphatic heterocycles. The van der Waals surface area contributed by atoms with Crippen molar-refractivity contribution in [2.75, 3.05) is 5.32 Å². The van der Waals surface area contributed by atoms with Crippen LogP contribution in [0.3, 0.4) is 0 Å². The predicted octanol–water partition coefficient (Wildman–Crippen LogP) is 2.63. The van der Waals surface area contributed by atoms with E-state index in [1.54, 1.807) is 0 Å². The van der Waals surface area contributed by atoms with Crippen molar-refractivity contribution in [2.45, 2.75) is 19.3 Å². The highest BCUT2D eigenvalue weighted by Gasteiger charge is 2.32. The van der Waals surface area contributed by atoms with Gasteiger partial charge in [-0.1, -0.05) is 15.9 Å². The van der Waals surface area contributed by atoms with Gasteiger partial charge in [-0.15, -0.1) is 13.2 Å². The molecule has 0 aliphatic rings. The van der Waals surface area contributed by atoms with Crippen molar-refractivity contribution >= 4 is 27.5 Å². The zero-order valence-electron chi connectivity index (χ0n) is 9.22. The van der Waals surface area contributed by atoms with Crippen LogP contribution in [0.25, 0.3) is 0 Å². The van der Waals surface area contributed by atoms with Crippen molar-refractivity contribution in [3.05, 3.63) is 22.7 Å². The Morgan fingerprint density at radius 1 is 1.50 bits per heavy atom. The fourth-order valence-corrected chi connectivity index (χ4v) is 1.40. The highest BCUT2D eigenvalue weighted by Crippen LogP contribution is 2.32. The number of halogens is 4.